The molecule has 4 nitrogen and oxygen atoms in total. The third-order valence-electron chi connectivity index (χ3n) is 4.30. The quantitative estimate of drug-likeness (QED) is 0.774. The largest absolute Gasteiger partial charge is 0.451 e. The van der Waals surface area contributed by atoms with Gasteiger partial charge in [-0.2, -0.15) is 0 Å². The Labute approximate surface area is 146 Å². The van der Waals surface area contributed by atoms with E-state index >= 15 is 0 Å². The Morgan fingerprint density at radius 3 is 2.40 bits per heavy atom. The van der Waals surface area contributed by atoms with Crippen molar-refractivity contribution in [2.75, 3.05) is 0 Å². The lowest BCUT2D eigenvalue weighted by Gasteiger charge is -2.17. The summed E-state index contributed by atoms with van der Waals surface area (Å²) >= 11 is 0. The lowest BCUT2D eigenvalue weighted by Crippen LogP contribution is -2.28. The van der Waals surface area contributed by atoms with E-state index in [0.717, 1.165) is 17.5 Å². The zero-order chi connectivity index (χ0) is 18.0. The third-order valence-corrected chi connectivity index (χ3v) is 4.30. The zero-order valence-electron chi connectivity index (χ0n) is 14.6. The fraction of sp³-hybridized carbons (Fsp3) is 0.238. The van der Waals surface area contributed by atoms with Crippen LogP contribution in [0, 0.1) is 13.8 Å². The summed E-state index contributed by atoms with van der Waals surface area (Å²) in [5, 5.41) is 3.44. The van der Waals surface area contributed by atoms with E-state index in [1.54, 1.807) is 12.1 Å². The summed E-state index contributed by atoms with van der Waals surface area (Å²) in [5.41, 5.74) is 3.38. The third kappa shape index (κ3) is 3.63. The normalized spacial score (nSPS) is 12.1. The molecular formula is C21H21NO3. The van der Waals surface area contributed by atoms with E-state index in [2.05, 4.69) is 5.32 Å². The number of carbonyl (C=O) groups excluding carboxylic acids is 1. The van der Waals surface area contributed by atoms with Gasteiger partial charge in [0.15, 0.2) is 11.2 Å². The van der Waals surface area contributed by atoms with Crippen LogP contribution in [0.3, 0.4) is 0 Å². The van der Waals surface area contributed by atoms with Gasteiger partial charge in [-0.1, -0.05) is 48.4 Å². The number of benzene rings is 2. The van der Waals surface area contributed by atoms with Crippen LogP contribution in [0.4, 0.5) is 0 Å². The first kappa shape index (κ1) is 17.0. The van der Waals surface area contributed by atoms with Gasteiger partial charge >= 0.3 is 0 Å². The summed E-state index contributed by atoms with van der Waals surface area (Å²) < 4.78 is 5.65. The number of hydrogen-bond donors (Lipinski definition) is 1. The lowest BCUT2D eigenvalue weighted by molar-refractivity contribution is 0.0908. The van der Waals surface area contributed by atoms with E-state index in [9.17, 15) is 9.59 Å². The molecule has 1 aromatic heterocycles. The summed E-state index contributed by atoms with van der Waals surface area (Å²) in [7, 11) is 0. The molecule has 3 rings (SSSR count). The molecule has 0 unspecified atom stereocenters. The SMILES string of the molecule is CC[C@H](NC(=O)c1cc(=O)c2cc(C)ccc2o1)c1ccc(C)cc1. The predicted octanol–water partition coefficient (Wildman–Crippen LogP) is 4.29. The standard InChI is InChI=1S/C21H21NO3/c1-4-17(15-8-5-13(2)6-9-15)22-21(24)20-12-18(23)16-11-14(3)7-10-19(16)25-20/h5-12,17H,4H2,1-3H3,(H,22,24)/t17-/m0/s1. The van der Waals surface area contributed by atoms with Gasteiger partial charge < -0.3 is 9.73 Å². The second-order valence-electron chi connectivity index (χ2n) is 6.32. The van der Waals surface area contributed by atoms with Gasteiger partial charge in [0.05, 0.1) is 11.4 Å². The van der Waals surface area contributed by atoms with Crippen molar-refractivity contribution < 1.29 is 9.21 Å². The van der Waals surface area contributed by atoms with Crippen LogP contribution in [-0.4, -0.2) is 5.91 Å². The Hall–Kier alpha value is -2.88. The monoisotopic (exact) mass is 335 g/mol. The Kier molecular flexibility index (Phi) is 4.70. The molecule has 1 atom stereocenters. The fourth-order valence-electron chi connectivity index (χ4n) is 2.83. The number of rotatable bonds is 4. The van der Waals surface area contributed by atoms with Crippen molar-refractivity contribution in [3.63, 3.8) is 0 Å². The Morgan fingerprint density at radius 2 is 1.72 bits per heavy atom. The van der Waals surface area contributed by atoms with Gasteiger partial charge in [0.1, 0.15) is 5.58 Å². The fourth-order valence-corrected chi connectivity index (χ4v) is 2.83. The molecule has 0 aliphatic rings. The molecule has 0 bridgehead atoms. The van der Waals surface area contributed by atoms with Crippen LogP contribution in [0.15, 0.2) is 57.7 Å². The molecule has 0 aliphatic heterocycles. The van der Waals surface area contributed by atoms with Crippen LogP contribution in [0.1, 0.15) is 46.6 Å². The average Bonchev–Trinajstić information content (AvgIpc) is 2.60. The molecule has 0 radical (unpaired) electrons. The van der Waals surface area contributed by atoms with Crippen LogP contribution in [-0.2, 0) is 0 Å². The molecule has 2 aromatic carbocycles. The van der Waals surface area contributed by atoms with Crippen molar-refractivity contribution >= 4 is 16.9 Å². The van der Waals surface area contributed by atoms with E-state index in [4.69, 9.17) is 4.42 Å². The maximum absolute atomic E-state index is 12.6. The minimum absolute atomic E-state index is 0.0342. The number of fused-ring (bicyclic) bond motifs is 1. The molecule has 3 aromatic rings. The Bertz CT molecular complexity index is 971. The predicted molar refractivity (Wildman–Crippen MR) is 98.9 cm³/mol. The highest BCUT2D eigenvalue weighted by Crippen LogP contribution is 2.19. The summed E-state index contributed by atoms with van der Waals surface area (Å²) in [6, 6.07) is 14.5. The van der Waals surface area contributed by atoms with Gasteiger partial charge in [-0.05, 0) is 38.0 Å². The summed E-state index contributed by atoms with van der Waals surface area (Å²) in [4.78, 5) is 24.9. The highest BCUT2D eigenvalue weighted by molar-refractivity contribution is 5.93. The van der Waals surface area contributed by atoms with Gasteiger partial charge in [-0.25, -0.2) is 0 Å². The number of aryl methyl sites for hydroxylation is 2. The van der Waals surface area contributed by atoms with Crippen molar-refractivity contribution in [3.05, 3.63) is 81.2 Å². The van der Waals surface area contributed by atoms with E-state index < -0.39 is 0 Å². The van der Waals surface area contributed by atoms with Crippen LogP contribution in [0.5, 0.6) is 0 Å². The minimum atomic E-state index is -0.382. The maximum atomic E-state index is 12.6. The molecule has 1 amide bonds. The lowest BCUT2D eigenvalue weighted by atomic mass is 10.0. The topological polar surface area (TPSA) is 59.3 Å². The Morgan fingerprint density at radius 1 is 1.04 bits per heavy atom. The molecule has 25 heavy (non-hydrogen) atoms. The van der Waals surface area contributed by atoms with Gasteiger partial charge in [0.25, 0.3) is 5.91 Å². The first-order valence-electron chi connectivity index (χ1n) is 8.40. The average molecular weight is 335 g/mol. The van der Waals surface area contributed by atoms with Crippen molar-refractivity contribution in [2.24, 2.45) is 0 Å². The molecule has 0 spiro atoms. The van der Waals surface area contributed by atoms with Gasteiger partial charge in [-0.3, -0.25) is 9.59 Å². The maximum Gasteiger partial charge on any atom is 0.287 e. The van der Waals surface area contributed by atoms with Crippen LogP contribution >= 0.6 is 0 Å². The zero-order valence-corrected chi connectivity index (χ0v) is 14.6. The molecule has 128 valence electrons. The summed E-state index contributed by atoms with van der Waals surface area (Å²) in [6.07, 6.45) is 0.742. The van der Waals surface area contributed by atoms with E-state index in [0.29, 0.717) is 11.0 Å². The highest BCUT2D eigenvalue weighted by atomic mass is 16.3. The smallest absolute Gasteiger partial charge is 0.287 e. The number of hydrogen-bond acceptors (Lipinski definition) is 3. The van der Waals surface area contributed by atoms with Crippen molar-refractivity contribution in [1.82, 2.24) is 5.32 Å². The number of nitrogens with one attached hydrogen (secondary N) is 1. The molecule has 0 aliphatic carbocycles. The number of amides is 1. The van der Waals surface area contributed by atoms with Crippen molar-refractivity contribution in [2.45, 2.75) is 33.2 Å². The number of carbonyl (C=O) groups is 1. The second-order valence-corrected chi connectivity index (χ2v) is 6.32. The van der Waals surface area contributed by atoms with Gasteiger partial charge in [0.2, 0.25) is 0 Å². The highest BCUT2D eigenvalue weighted by Gasteiger charge is 2.17. The second kappa shape index (κ2) is 6.93. The summed E-state index contributed by atoms with van der Waals surface area (Å²) in [5.74, 6) is -0.348. The molecule has 0 fully saturated rings. The molecular weight excluding hydrogens is 314 g/mol. The van der Waals surface area contributed by atoms with E-state index in [1.165, 1.54) is 11.6 Å². The first-order valence-corrected chi connectivity index (χ1v) is 8.40. The Balaban J connectivity index is 1.89. The van der Waals surface area contributed by atoms with E-state index in [-0.39, 0.29) is 23.1 Å². The van der Waals surface area contributed by atoms with Crippen LogP contribution in [0.2, 0.25) is 0 Å². The van der Waals surface area contributed by atoms with Crippen LogP contribution in [0.25, 0.3) is 11.0 Å². The van der Waals surface area contributed by atoms with Crippen molar-refractivity contribution in [3.8, 4) is 0 Å². The van der Waals surface area contributed by atoms with Crippen LogP contribution < -0.4 is 10.7 Å². The first-order chi connectivity index (χ1) is 12.0. The minimum Gasteiger partial charge on any atom is -0.451 e. The van der Waals surface area contributed by atoms with E-state index in [1.807, 2.05) is 51.1 Å². The molecule has 1 heterocycles. The molecule has 0 saturated heterocycles. The molecule has 1 N–H and O–H groups in total. The van der Waals surface area contributed by atoms with Crippen molar-refractivity contribution in [1.29, 1.82) is 0 Å². The van der Waals surface area contributed by atoms with Gasteiger partial charge in [0, 0.05) is 6.07 Å². The molecule has 4 heteroatoms. The molecule has 0 saturated carbocycles. The summed E-state index contributed by atoms with van der Waals surface area (Å²) in [6.45, 7) is 5.94. The van der Waals surface area contributed by atoms with Gasteiger partial charge in [-0.15, -0.1) is 0 Å².